The molecule has 0 saturated carbocycles. The van der Waals surface area contributed by atoms with Gasteiger partial charge in [0.2, 0.25) is 11.8 Å². The highest BCUT2D eigenvalue weighted by Gasteiger charge is 2.51. The molecule has 3 aromatic rings. The summed E-state index contributed by atoms with van der Waals surface area (Å²) in [5.74, 6) is -1.32. The smallest absolute Gasteiger partial charge is 0.352 e. The lowest BCUT2D eigenvalue weighted by Gasteiger charge is -2.48. The number of phenolic OH excluding ortho intramolecular Hbond substituents is 2. The molecule has 2 aliphatic rings. The van der Waals surface area contributed by atoms with Gasteiger partial charge in [-0.1, -0.05) is 29.5 Å². The van der Waals surface area contributed by atoms with Crippen LogP contribution in [0, 0.1) is 6.92 Å². The van der Waals surface area contributed by atoms with Crippen LogP contribution in [0.2, 0.25) is 0 Å². The number of carbonyl (C=O) groups excluding carboxylic acids is 1. The van der Waals surface area contributed by atoms with Gasteiger partial charge in [0, 0.05) is 17.1 Å². The van der Waals surface area contributed by atoms with E-state index in [0.717, 1.165) is 17.3 Å². The second kappa shape index (κ2) is 11.3. The highest BCUT2D eigenvalue weighted by Crippen LogP contribution is 2.41. The minimum absolute atomic E-state index is 0.0360. The molecule has 1 amide bonds. The van der Waals surface area contributed by atoms with Gasteiger partial charge in [-0.2, -0.15) is 8.42 Å². The van der Waals surface area contributed by atoms with E-state index in [1.807, 2.05) is 6.92 Å². The first kappa shape index (κ1) is 28.4. The number of aryl methyl sites for hydroxylation is 1. The quantitative estimate of drug-likeness (QED) is 0.119. The number of thioether (sulfide) groups is 2. The predicted octanol–water partition coefficient (Wildman–Crippen LogP) is 2.06. The van der Waals surface area contributed by atoms with Crippen LogP contribution in [0.25, 0.3) is 11.5 Å². The number of aromatic nitrogens is 2. The summed E-state index contributed by atoms with van der Waals surface area (Å²) in [5.41, 5.74) is 7.65. The summed E-state index contributed by atoms with van der Waals surface area (Å²) >= 11 is 2.57. The first-order valence-electron chi connectivity index (χ1n) is 11.0. The molecule has 0 spiro atoms. The summed E-state index contributed by atoms with van der Waals surface area (Å²) in [7, 11) is -4.02. The number of rotatable bonds is 6. The van der Waals surface area contributed by atoms with Crippen LogP contribution in [0.15, 0.2) is 68.3 Å². The van der Waals surface area contributed by atoms with Gasteiger partial charge in [0.25, 0.3) is 15.3 Å². The fraction of sp³-hybridized carbons (Fsp3) is 0.217. The molecule has 16 heteroatoms. The van der Waals surface area contributed by atoms with E-state index < -0.39 is 28.0 Å². The van der Waals surface area contributed by atoms with E-state index in [2.05, 4.69) is 10.2 Å². The minimum Gasteiger partial charge on any atom is -0.504 e. The molecule has 3 heterocycles. The van der Waals surface area contributed by atoms with Gasteiger partial charge in [0.05, 0.1) is 4.90 Å². The van der Waals surface area contributed by atoms with E-state index in [4.69, 9.17) is 14.7 Å². The Labute approximate surface area is 230 Å². The van der Waals surface area contributed by atoms with Gasteiger partial charge in [-0.05, 0) is 42.8 Å². The molecule has 1 saturated heterocycles. The van der Waals surface area contributed by atoms with Gasteiger partial charge in [0.1, 0.15) is 17.1 Å². The maximum absolute atomic E-state index is 11.9. The molecule has 0 radical (unpaired) electrons. The number of amides is 1. The minimum atomic E-state index is -4.02. The predicted molar refractivity (Wildman–Crippen MR) is 141 cm³/mol. The Morgan fingerprint density at radius 1 is 1.18 bits per heavy atom. The van der Waals surface area contributed by atoms with E-state index in [-0.39, 0.29) is 44.3 Å². The lowest BCUT2D eigenvalue weighted by Crippen LogP contribution is -2.68. The topological polar surface area (TPSA) is 217 Å². The lowest BCUT2D eigenvalue weighted by molar-refractivity contribution is -0.147. The summed E-state index contributed by atoms with van der Waals surface area (Å²) in [6.07, 6.45) is 0. The van der Waals surface area contributed by atoms with Crippen molar-refractivity contribution in [3.63, 3.8) is 0 Å². The van der Waals surface area contributed by atoms with Crippen LogP contribution in [0.4, 0.5) is 0 Å². The van der Waals surface area contributed by atoms with Gasteiger partial charge in [0.15, 0.2) is 11.5 Å². The number of carboxylic acids is 1. The number of phenols is 2. The van der Waals surface area contributed by atoms with Gasteiger partial charge >= 0.3 is 5.97 Å². The van der Waals surface area contributed by atoms with E-state index in [0.29, 0.717) is 16.9 Å². The van der Waals surface area contributed by atoms with Gasteiger partial charge in [-0.15, -0.1) is 22.0 Å². The molecule has 2 aliphatic heterocycles. The lowest BCUT2D eigenvalue weighted by atomic mass is 10.0. The van der Waals surface area contributed by atoms with Crippen molar-refractivity contribution in [2.75, 3.05) is 11.5 Å². The second-order valence-corrected chi connectivity index (χ2v) is 11.8. The SMILES string of the molecule is Cc1ccc(S(=O)(=O)O)cc1.N[C@@H]1C(=O)N2C(C(=O)O)=C(CSc3nnc(-c4ccc(O)c(O)c4)o3)CS[C@H]12. The number of nitrogens with zero attached hydrogens (tertiary/aromatic N) is 3. The fourth-order valence-electron chi connectivity index (χ4n) is 3.59. The molecule has 1 fully saturated rings. The third-order valence-corrected chi connectivity index (χ3v) is 8.74. The zero-order valence-corrected chi connectivity index (χ0v) is 22.5. The van der Waals surface area contributed by atoms with E-state index in [1.165, 1.54) is 47.0 Å². The Hall–Kier alpha value is -3.57. The molecule has 0 unspecified atom stereocenters. The van der Waals surface area contributed by atoms with Crippen LogP contribution in [-0.4, -0.2) is 78.2 Å². The van der Waals surface area contributed by atoms with Crippen molar-refractivity contribution in [3.05, 3.63) is 59.3 Å². The third-order valence-electron chi connectivity index (χ3n) is 5.61. The molecule has 39 heavy (non-hydrogen) atoms. The normalized spacial score (nSPS) is 18.6. The maximum atomic E-state index is 11.9. The summed E-state index contributed by atoms with van der Waals surface area (Å²) < 4.78 is 35.1. The first-order valence-corrected chi connectivity index (χ1v) is 14.5. The Kier molecular flexibility index (Phi) is 8.22. The highest BCUT2D eigenvalue weighted by molar-refractivity contribution is 8.01. The molecule has 2 atom stereocenters. The van der Waals surface area contributed by atoms with Crippen molar-refractivity contribution in [1.29, 1.82) is 0 Å². The zero-order valence-electron chi connectivity index (χ0n) is 20.1. The van der Waals surface area contributed by atoms with E-state index in [1.54, 1.807) is 12.1 Å². The van der Waals surface area contributed by atoms with E-state index >= 15 is 0 Å². The average molecular weight is 595 g/mol. The van der Waals surface area contributed by atoms with Crippen molar-refractivity contribution < 1.29 is 42.3 Å². The molecule has 0 aliphatic carbocycles. The Bertz CT molecular complexity index is 1550. The standard InChI is InChI=1S/C16H14N4O6S2.C7H8O3S/c17-10-13(23)20-11(15(24)25)7(4-27-14(10)20)5-28-16-19-18-12(26-16)6-1-2-8(21)9(22)3-6;1-6-2-4-7(5-3-6)11(8,9)10/h1-3,10,14,21-22H,4-5,17H2,(H,24,25);2-5H,1H3,(H,8,9,10)/t10-,14-;/m1./s1. The van der Waals surface area contributed by atoms with Crippen LogP contribution < -0.4 is 5.73 Å². The molecule has 5 rings (SSSR count). The monoisotopic (exact) mass is 594 g/mol. The molecule has 0 bridgehead atoms. The number of fused-ring (bicyclic) bond motifs is 1. The summed E-state index contributed by atoms with van der Waals surface area (Å²) in [6, 6.07) is 9.42. The van der Waals surface area contributed by atoms with Crippen LogP contribution in [0.3, 0.4) is 0 Å². The average Bonchev–Trinajstić information content (AvgIpc) is 3.37. The third kappa shape index (κ3) is 6.20. The van der Waals surface area contributed by atoms with E-state index in [9.17, 15) is 33.3 Å². The number of aliphatic carboxylic acids is 1. The molecular weight excluding hydrogens is 572 g/mol. The molecule has 206 valence electrons. The van der Waals surface area contributed by atoms with Crippen molar-refractivity contribution >= 4 is 45.5 Å². The number of carbonyl (C=O) groups is 2. The highest BCUT2D eigenvalue weighted by atomic mass is 32.2. The number of hydrogen-bond acceptors (Lipinski definition) is 12. The molecule has 1 aromatic heterocycles. The van der Waals surface area contributed by atoms with Crippen molar-refractivity contribution in [2.24, 2.45) is 5.73 Å². The Morgan fingerprint density at radius 3 is 2.49 bits per heavy atom. The number of nitrogens with two attached hydrogens (primary N) is 1. The Morgan fingerprint density at radius 2 is 1.87 bits per heavy atom. The summed E-state index contributed by atoms with van der Waals surface area (Å²) in [4.78, 5) is 24.8. The molecule has 6 N–H and O–H groups in total. The maximum Gasteiger partial charge on any atom is 0.352 e. The van der Waals surface area contributed by atoms with Crippen LogP contribution in [0.1, 0.15) is 5.56 Å². The Balaban J connectivity index is 0.000000270. The molecule has 2 aromatic carbocycles. The van der Waals surface area contributed by atoms with Crippen molar-refractivity contribution in [2.45, 2.75) is 28.5 Å². The van der Waals surface area contributed by atoms with Crippen LogP contribution in [-0.2, 0) is 19.7 Å². The van der Waals surface area contributed by atoms with Gasteiger partial charge in [-0.3, -0.25) is 14.2 Å². The fourth-order valence-corrected chi connectivity index (χ4v) is 6.27. The second-order valence-electron chi connectivity index (χ2n) is 8.35. The number of carboxylic acid groups (broad SMARTS) is 1. The van der Waals surface area contributed by atoms with Crippen LogP contribution in [0.5, 0.6) is 11.5 Å². The number of hydrogen-bond donors (Lipinski definition) is 5. The molecule has 13 nitrogen and oxygen atoms in total. The van der Waals surface area contributed by atoms with Gasteiger partial charge in [-0.25, -0.2) is 4.79 Å². The molecular formula is C23H22N4O9S3. The van der Waals surface area contributed by atoms with Crippen LogP contribution >= 0.6 is 23.5 Å². The van der Waals surface area contributed by atoms with Crippen molar-refractivity contribution in [3.8, 4) is 23.0 Å². The van der Waals surface area contributed by atoms with Crippen molar-refractivity contribution in [1.82, 2.24) is 15.1 Å². The largest absolute Gasteiger partial charge is 0.504 e. The summed E-state index contributed by atoms with van der Waals surface area (Å²) in [6.45, 7) is 1.84. The number of benzene rings is 2. The first-order chi connectivity index (χ1) is 18.4. The van der Waals surface area contributed by atoms with Gasteiger partial charge < -0.3 is 25.5 Å². The zero-order chi connectivity index (χ0) is 28.5. The number of aromatic hydroxyl groups is 2. The summed E-state index contributed by atoms with van der Waals surface area (Å²) in [5, 5.41) is 36.1. The number of β-lactam (4-membered cyclic amide) rings is 1.